The molecule has 2 N–H and O–H groups in total. The van der Waals surface area contributed by atoms with Crippen molar-refractivity contribution in [3.8, 4) is 0 Å². The zero-order valence-corrected chi connectivity index (χ0v) is 12.8. The zero-order valence-electron chi connectivity index (χ0n) is 11.2. The van der Waals surface area contributed by atoms with Crippen molar-refractivity contribution in [2.45, 2.75) is 13.0 Å². The van der Waals surface area contributed by atoms with Gasteiger partial charge in [0.15, 0.2) is 0 Å². The van der Waals surface area contributed by atoms with Crippen LogP contribution in [0.15, 0.2) is 53.3 Å². The van der Waals surface area contributed by atoms with Crippen molar-refractivity contribution in [2.75, 3.05) is 5.32 Å². The van der Waals surface area contributed by atoms with Crippen LogP contribution in [0.5, 0.6) is 0 Å². The summed E-state index contributed by atoms with van der Waals surface area (Å²) in [6.07, 6.45) is 3.12. The van der Waals surface area contributed by atoms with Crippen molar-refractivity contribution in [1.82, 2.24) is 10.3 Å². The van der Waals surface area contributed by atoms with Crippen molar-refractivity contribution < 1.29 is 9.59 Å². The van der Waals surface area contributed by atoms with E-state index in [4.69, 9.17) is 0 Å². The Bertz CT molecular complexity index is 615. The minimum absolute atomic E-state index is 0.212. The van der Waals surface area contributed by atoms with Crippen LogP contribution in [0.1, 0.15) is 12.0 Å². The number of hydrogen-bond donors (Lipinski definition) is 2. The summed E-state index contributed by atoms with van der Waals surface area (Å²) in [7, 11) is 0. The number of carbonyl (C=O) groups is 2. The number of carbonyl (C=O) groups excluding carboxylic acids is 2. The molecule has 1 heterocycles. The summed E-state index contributed by atoms with van der Waals surface area (Å²) >= 11 is 3.31. The predicted molar refractivity (Wildman–Crippen MR) is 83.5 cm³/mol. The van der Waals surface area contributed by atoms with Gasteiger partial charge in [0.1, 0.15) is 6.42 Å². The van der Waals surface area contributed by atoms with Crippen LogP contribution in [0.3, 0.4) is 0 Å². The maximum Gasteiger partial charge on any atom is 0.233 e. The van der Waals surface area contributed by atoms with Gasteiger partial charge in [-0.3, -0.25) is 14.6 Å². The van der Waals surface area contributed by atoms with Gasteiger partial charge < -0.3 is 10.6 Å². The number of rotatable bonds is 5. The molecular formula is C15H14BrN3O2. The number of nitrogens with one attached hydrogen (secondary N) is 2. The fraction of sp³-hybridized carbons (Fsp3) is 0.133. The van der Waals surface area contributed by atoms with Crippen LogP contribution >= 0.6 is 15.9 Å². The van der Waals surface area contributed by atoms with Crippen molar-refractivity contribution in [3.05, 3.63) is 58.8 Å². The standard InChI is InChI=1S/C15H14BrN3O2/c16-12-3-5-13(6-4-12)19-15(21)8-14(20)18-10-11-2-1-7-17-9-11/h1-7,9H,8,10H2,(H,18,20)(H,19,21). The van der Waals surface area contributed by atoms with E-state index in [2.05, 4.69) is 31.5 Å². The van der Waals surface area contributed by atoms with Crippen LogP contribution < -0.4 is 10.6 Å². The van der Waals surface area contributed by atoms with Crippen LogP contribution in [0.4, 0.5) is 5.69 Å². The molecule has 0 aliphatic carbocycles. The van der Waals surface area contributed by atoms with Gasteiger partial charge in [0, 0.05) is 29.1 Å². The number of halogens is 1. The predicted octanol–water partition coefficient (Wildman–Crippen LogP) is 2.49. The summed E-state index contributed by atoms with van der Waals surface area (Å²) in [5.41, 5.74) is 1.54. The van der Waals surface area contributed by atoms with E-state index >= 15 is 0 Å². The number of pyridine rings is 1. The van der Waals surface area contributed by atoms with E-state index in [1.54, 1.807) is 30.6 Å². The molecule has 2 rings (SSSR count). The Labute approximate surface area is 130 Å². The summed E-state index contributed by atoms with van der Waals surface area (Å²) in [5.74, 6) is -0.672. The van der Waals surface area contributed by atoms with Gasteiger partial charge in [-0.05, 0) is 35.9 Å². The van der Waals surface area contributed by atoms with E-state index in [0.717, 1.165) is 10.0 Å². The van der Waals surface area contributed by atoms with Crippen molar-refractivity contribution in [1.29, 1.82) is 0 Å². The maximum absolute atomic E-state index is 11.7. The molecule has 0 bridgehead atoms. The highest BCUT2D eigenvalue weighted by Gasteiger charge is 2.09. The monoisotopic (exact) mass is 347 g/mol. The van der Waals surface area contributed by atoms with Gasteiger partial charge >= 0.3 is 0 Å². The fourth-order valence-electron chi connectivity index (χ4n) is 1.65. The Morgan fingerprint density at radius 1 is 1.10 bits per heavy atom. The third kappa shape index (κ3) is 5.35. The number of benzene rings is 1. The molecule has 5 nitrogen and oxygen atoms in total. The van der Waals surface area contributed by atoms with Crippen molar-refractivity contribution >= 4 is 33.4 Å². The first kappa shape index (κ1) is 15.2. The molecule has 0 fully saturated rings. The molecule has 21 heavy (non-hydrogen) atoms. The molecular weight excluding hydrogens is 334 g/mol. The number of aromatic nitrogens is 1. The van der Waals surface area contributed by atoms with Gasteiger partial charge in [0.2, 0.25) is 11.8 Å². The lowest BCUT2D eigenvalue weighted by Gasteiger charge is -2.06. The van der Waals surface area contributed by atoms with Gasteiger partial charge in [-0.25, -0.2) is 0 Å². The highest BCUT2D eigenvalue weighted by Crippen LogP contribution is 2.14. The lowest BCUT2D eigenvalue weighted by molar-refractivity contribution is -0.126. The second kappa shape index (κ2) is 7.54. The normalized spacial score (nSPS) is 9.95. The Kier molecular flexibility index (Phi) is 5.45. The summed E-state index contributed by atoms with van der Waals surface area (Å²) in [6.45, 7) is 0.359. The molecule has 1 aromatic carbocycles. The molecule has 108 valence electrons. The summed E-state index contributed by atoms with van der Waals surface area (Å²) in [5, 5.41) is 5.34. The molecule has 0 saturated carbocycles. The summed E-state index contributed by atoms with van der Waals surface area (Å²) < 4.78 is 0.926. The van der Waals surface area contributed by atoms with Gasteiger partial charge in [0.05, 0.1) is 0 Å². The van der Waals surface area contributed by atoms with E-state index in [9.17, 15) is 9.59 Å². The molecule has 0 atom stereocenters. The van der Waals surface area contributed by atoms with Crippen LogP contribution in [0.2, 0.25) is 0 Å². The molecule has 0 spiro atoms. The van der Waals surface area contributed by atoms with Gasteiger partial charge in [-0.1, -0.05) is 22.0 Å². The first-order valence-electron chi connectivity index (χ1n) is 6.34. The quantitative estimate of drug-likeness (QED) is 0.816. The third-order valence-corrected chi connectivity index (χ3v) is 3.19. The van der Waals surface area contributed by atoms with Crippen molar-refractivity contribution in [2.24, 2.45) is 0 Å². The molecule has 0 unspecified atom stereocenters. The van der Waals surface area contributed by atoms with E-state index in [1.165, 1.54) is 0 Å². The van der Waals surface area contributed by atoms with Crippen LogP contribution in [0.25, 0.3) is 0 Å². The minimum atomic E-state index is -0.346. The number of anilines is 1. The van der Waals surface area contributed by atoms with E-state index in [1.807, 2.05) is 18.2 Å². The molecule has 0 aliphatic heterocycles. The Morgan fingerprint density at radius 3 is 2.52 bits per heavy atom. The highest BCUT2D eigenvalue weighted by molar-refractivity contribution is 9.10. The summed E-state index contributed by atoms with van der Waals surface area (Å²) in [4.78, 5) is 27.3. The topological polar surface area (TPSA) is 71.1 Å². The molecule has 0 radical (unpaired) electrons. The second-order valence-electron chi connectivity index (χ2n) is 4.37. The zero-order chi connectivity index (χ0) is 15.1. The summed E-state index contributed by atoms with van der Waals surface area (Å²) in [6, 6.07) is 10.8. The fourth-order valence-corrected chi connectivity index (χ4v) is 1.91. The number of amides is 2. The smallest absolute Gasteiger partial charge is 0.233 e. The van der Waals surface area contributed by atoms with E-state index in [0.29, 0.717) is 12.2 Å². The first-order chi connectivity index (χ1) is 10.1. The average Bonchev–Trinajstić information content (AvgIpc) is 2.48. The lowest BCUT2D eigenvalue weighted by atomic mass is 10.2. The molecule has 2 amide bonds. The van der Waals surface area contributed by atoms with Crippen molar-refractivity contribution in [3.63, 3.8) is 0 Å². The Morgan fingerprint density at radius 2 is 1.86 bits per heavy atom. The highest BCUT2D eigenvalue weighted by atomic mass is 79.9. The molecule has 1 aromatic heterocycles. The van der Waals surface area contributed by atoms with Gasteiger partial charge in [-0.2, -0.15) is 0 Å². The SMILES string of the molecule is O=C(CC(=O)Nc1ccc(Br)cc1)NCc1cccnc1. The minimum Gasteiger partial charge on any atom is -0.352 e. The Balaban J connectivity index is 1.77. The van der Waals surface area contributed by atoms with Crippen LogP contribution in [-0.2, 0) is 16.1 Å². The molecule has 0 saturated heterocycles. The third-order valence-electron chi connectivity index (χ3n) is 2.66. The lowest BCUT2D eigenvalue weighted by Crippen LogP contribution is -2.27. The van der Waals surface area contributed by atoms with E-state index < -0.39 is 0 Å². The molecule has 2 aromatic rings. The average molecular weight is 348 g/mol. The van der Waals surface area contributed by atoms with Crippen LogP contribution in [-0.4, -0.2) is 16.8 Å². The van der Waals surface area contributed by atoms with Gasteiger partial charge in [-0.15, -0.1) is 0 Å². The Hall–Kier alpha value is -2.21. The molecule has 0 aliphatic rings. The largest absolute Gasteiger partial charge is 0.352 e. The number of hydrogen-bond acceptors (Lipinski definition) is 3. The number of nitrogens with zero attached hydrogens (tertiary/aromatic N) is 1. The first-order valence-corrected chi connectivity index (χ1v) is 7.14. The van der Waals surface area contributed by atoms with Crippen LogP contribution in [0, 0.1) is 0 Å². The maximum atomic E-state index is 11.7. The van der Waals surface area contributed by atoms with E-state index in [-0.39, 0.29) is 18.2 Å². The molecule has 6 heteroatoms. The van der Waals surface area contributed by atoms with Gasteiger partial charge in [0.25, 0.3) is 0 Å². The second-order valence-corrected chi connectivity index (χ2v) is 5.29.